The summed E-state index contributed by atoms with van der Waals surface area (Å²) in [4.78, 5) is 28.7. The van der Waals surface area contributed by atoms with Gasteiger partial charge in [0.1, 0.15) is 5.82 Å². The molecule has 0 unspecified atom stereocenters. The zero-order valence-electron chi connectivity index (χ0n) is 17.7. The van der Waals surface area contributed by atoms with Crippen molar-refractivity contribution in [2.45, 2.75) is 39.7 Å². The lowest BCUT2D eigenvalue weighted by Gasteiger charge is -2.22. The molecule has 0 bridgehead atoms. The fraction of sp³-hybridized carbons (Fsp3) is 0.333. The maximum Gasteiger partial charge on any atom is 0.230 e. The van der Waals surface area contributed by atoms with Gasteiger partial charge < -0.3 is 10.2 Å². The highest BCUT2D eigenvalue weighted by Gasteiger charge is 2.15. The van der Waals surface area contributed by atoms with E-state index in [9.17, 15) is 4.79 Å². The van der Waals surface area contributed by atoms with Crippen LogP contribution in [0, 0.1) is 0 Å². The van der Waals surface area contributed by atoms with Gasteiger partial charge in [0.15, 0.2) is 5.78 Å². The molecule has 3 aromatic rings. The number of carbonyl (C=O) groups is 1. The molecule has 156 valence electrons. The standard InChI is InChI=1S/C24H29N5O/c1-3-15-29(16-4-2)24-27-22(17-21(30)20-13-9-6-10-14-20)26-23(28-24)25-18-19-11-7-5-8-12-19/h5-14H,3-4,15-18H2,1-2H3,(H,25,26,27,28). The van der Waals surface area contributed by atoms with Crippen molar-refractivity contribution < 1.29 is 4.79 Å². The lowest BCUT2D eigenvalue weighted by Crippen LogP contribution is -2.28. The van der Waals surface area contributed by atoms with Gasteiger partial charge in [0.2, 0.25) is 11.9 Å². The minimum atomic E-state index is -0.000655. The molecule has 0 aliphatic carbocycles. The van der Waals surface area contributed by atoms with Gasteiger partial charge in [-0.25, -0.2) is 0 Å². The predicted molar refractivity (Wildman–Crippen MR) is 121 cm³/mol. The van der Waals surface area contributed by atoms with E-state index in [-0.39, 0.29) is 12.2 Å². The van der Waals surface area contributed by atoms with Crippen LogP contribution < -0.4 is 10.2 Å². The third-order valence-corrected chi connectivity index (χ3v) is 4.65. The summed E-state index contributed by atoms with van der Waals surface area (Å²) in [6.45, 7) is 6.61. The molecule has 6 nitrogen and oxygen atoms in total. The van der Waals surface area contributed by atoms with Crippen LogP contribution in [-0.2, 0) is 13.0 Å². The van der Waals surface area contributed by atoms with Crippen LogP contribution in [0.3, 0.4) is 0 Å². The van der Waals surface area contributed by atoms with Gasteiger partial charge in [0.25, 0.3) is 0 Å². The Morgan fingerprint density at radius 3 is 2.13 bits per heavy atom. The first-order valence-electron chi connectivity index (χ1n) is 10.6. The Bertz CT molecular complexity index is 925. The summed E-state index contributed by atoms with van der Waals surface area (Å²) in [5.41, 5.74) is 1.80. The van der Waals surface area contributed by atoms with E-state index < -0.39 is 0 Å². The Morgan fingerprint density at radius 1 is 0.867 bits per heavy atom. The second-order valence-electron chi connectivity index (χ2n) is 7.17. The normalized spacial score (nSPS) is 10.6. The molecule has 0 atom stereocenters. The van der Waals surface area contributed by atoms with Crippen molar-refractivity contribution in [1.82, 2.24) is 15.0 Å². The third kappa shape index (κ3) is 6.11. The first-order chi connectivity index (χ1) is 14.7. The van der Waals surface area contributed by atoms with Crippen LogP contribution in [0.2, 0.25) is 0 Å². The van der Waals surface area contributed by atoms with Crippen molar-refractivity contribution in [2.75, 3.05) is 23.3 Å². The SMILES string of the molecule is CCCN(CCC)c1nc(CC(=O)c2ccccc2)nc(NCc2ccccc2)n1. The number of aromatic nitrogens is 3. The van der Waals surface area contributed by atoms with Crippen molar-refractivity contribution in [2.24, 2.45) is 0 Å². The maximum atomic E-state index is 12.7. The number of carbonyl (C=O) groups excluding carboxylic acids is 1. The van der Waals surface area contributed by atoms with Gasteiger partial charge in [0, 0.05) is 25.2 Å². The van der Waals surface area contributed by atoms with Gasteiger partial charge in [-0.05, 0) is 18.4 Å². The zero-order valence-corrected chi connectivity index (χ0v) is 17.7. The average molecular weight is 404 g/mol. The molecule has 0 aliphatic heterocycles. The van der Waals surface area contributed by atoms with E-state index in [0.29, 0.717) is 29.8 Å². The molecular weight excluding hydrogens is 374 g/mol. The van der Waals surface area contributed by atoms with E-state index in [0.717, 1.165) is 31.5 Å². The Hall–Kier alpha value is -3.28. The van der Waals surface area contributed by atoms with Crippen molar-refractivity contribution in [1.29, 1.82) is 0 Å². The van der Waals surface area contributed by atoms with Gasteiger partial charge in [-0.3, -0.25) is 4.79 Å². The Morgan fingerprint density at radius 2 is 1.50 bits per heavy atom. The van der Waals surface area contributed by atoms with Crippen molar-refractivity contribution in [3.8, 4) is 0 Å². The number of hydrogen-bond acceptors (Lipinski definition) is 6. The fourth-order valence-corrected chi connectivity index (χ4v) is 3.21. The fourth-order valence-electron chi connectivity index (χ4n) is 3.21. The maximum absolute atomic E-state index is 12.7. The van der Waals surface area contributed by atoms with Crippen LogP contribution in [0.15, 0.2) is 60.7 Å². The van der Waals surface area contributed by atoms with Gasteiger partial charge in [-0.2, -0.15) is 15.0 Å². The summed E-state index contributed by atoms with van der Waals surface area (Å²) in [7, 11) is 0. The van der Waals surface area contributed by atoms with Gasteiger partial charge in [-0.1, -0.05) is 74.5 Å². The average Bonchev–Trinajstić information content (AvgIpc) is 2.79. The zero-order chi connectivity index (χ0) is 21.2. The summed E-state index contributed by atoms with van der Waals surface area (Å²) in [5.74, 6) is 1.61. The summed E-state index contributed by atoms with van der Waals surface area (Å²) in [6.07, 6.45) is 2.14. The van der Waals surface area contributed by atoms with Crippen molar-refractivity contribution in [3.05, 3.63) is 77.6 Å². The van der Waals surface area contributed by atoms with Gasteiger partial charge in [-0.15, -0.1) is 0 Å². The molecule has 3 rings (SSSR count). The number of nitrogens with zero attached hydrogens (tertiary/aromatic N) is 4. The van der Waals surface area contributed by atoms with Crippen LogP contribution in [0.5, 0.6) is 0 Å². The van der Waals surface area contributed by atoms with E-state index in [4.69, 9.17) is 0 Å². The lowest BCUT2D eigenvalue weighted by atomic mass is 10.1. The molecule has 1 N–H and O–H groups in total. The predicted octanol–water partition coefficient (Wildman–Crippen LogP) is 4.54. The minimum absolute atomic E-state index is 0.000655. The highest BCUT2D eigenvalue weighted by Crippen LogP contribution is 2.15. The molecular formula is C24H29N5O. The summed E-state index contributed by atoms with van der Waals surface area (Å²) >= 11 is 0. The van der Waals surface area contributed by atoms with Gasteiger partial charge >= 0.3 is 0 Å². The molecule has 2 aromatic carbocycles. The lowest BCUT2D eigenvalue weighted by molar-refractivity contribution is 0.0991. The molecule has 0 saturated carbocycles. The second-order valence-corrected chi connectivity index (χ2v) is 7.17. The molecule has 30 heavy (non-hydrogen) atoms. The molecule has 0 amide bonds. The van der Waals surface area contributed by atoms with Crippen LogP contribution in [0.1, 0.15) is 48.4 Å². The first-order valence-corrected chi connectivity index (χ1v) is 10.6. The van der Waals surface area contributed by atoms with E-state index >= 15 is 0 Å². The number of anilines is 2. The van der Waals surface area contributed by atoms with E-state index in [2.05, 4.69) is 51.1 Å². The molecule has 0 radical (unpaired) electrons. The summed E-state index contributed by atoms with van der Waals surface area (Å²) in [6, 6.07) is 19.4. The molecule has 6 heteroatoms. The minimum Gasteiger partial charge on any atom is -0.350 e. The number of benzene rings is 2. The molecule has 0 spiro atoms. The number of nitrogens with one attached hydrogen (secondary N) is 1. The van der Waals surface area contributed by atoms with Crippen LogP contribution in [0.4, 0.5) is 11.9 Å². The molecule has 1 heterocycles. The Labute approximate surface area is 178 Å². The quantitative estimate of drug-likeness (QED) is 0.474. The number of Topliss-reactive ketones (excluding diaryl/α,β-unsaturated/α-hetero) is 1. The third-order valence-electron chi connectivity index (χ3n) is 4.65. The largest absolute Gasteiger partial charge is 0.350 e. The summed E-state index contributed by atoms with van der Waals surface area (Å²) in [5, 5.41) is 3.29. The van der Waals surface area contributed by atoms with Crippen molar-refractivity contribution in [3.63, 3.8) is 0 Å². The van der Waals surface area contributed by atoms with Gasteiger partial charge in [0.05, 0.1) is 6.42 Å². The monoisotopic (exact) mass is 403 g/mol. The Balaban J connectivity index is 1.85. The van der Waals surface area contributed by atoms with E-state index in [1.54, 1.807) is 0 Å². The number of ketones is 1. The van der Waals surface area contributed by atoms with E-state index in [1.165, 1.54) is 0 Å². The smallest absolute Gasteiger partial charge is 0.230 e. The number of hydrogen-bond donors (Lipinski definition) is 1. The van der Waals surface area contributed by atoms with Crippen molar-refractivity contribution >= 4 is 17.7 Å². The highest BCUT2D eigenvalue weighted by molar-refractivity contribution is 5.97. The first kappa shape index (κ1) is 21.4. The topological polar surface area (TPSA) is 71.0 Å². The number of rotatable bonds is 11. The Kier molecular flexibility index (Phi) is 7.89. The van der Waals surface area contributed by atoms with Crippen LogP contribution >= 0.6 is 0 Å². The molecule has 0 fully saturated rings. The molecule has 0 aliphatic rings. The summed E-state index contributed by atoms with van der Waals surface area (Å²) < 4.78 is 0. The molecule has 0 saturated heterocycles. The van der Waals surface area contributed by atoms with Crippen LogP contribution in [0.25, 0.3) is 0 Å². The second kappa shape index (κ2) is 11.0. The highest BCUT2D eigenvalue weighted by atomic mass is 16.1. The van der Waals surface area contributed by atoms with E-state index in [1.807, 2.05) is 48.5 Å². The molecule has 1 aromatic heterocycles. The van der Waals surface area contributed by atoms with Crippen LogP contribution in [-0.4, -0.2) is 33.8 Å².